The molecule has 0 aromatic heterocycles. The van der Waals surface area contributed by atoms with Crippen LogP contribution in [0.25, 0.3) is 0 Å². The lowest BCUT2D eigenvalue weighted by Gasteiger charge is -2.29. The molecule has 0 bridgehead atoms. The Morgan fingerprint density at radius 2 is 1.63 bits per heavy atom. The maximum atomic E-state index is 11.7. The molecular weight excluding hydrogens is 244 g/mol. The first-order valence-corrected chi connectivity index (χ1v) is 7.05. The van der Waals surface area contributed by atoms with Gasteiger partial charge in [-0.3, -0.25) is 4.79 Å². The number of amides is 2. The molecule has 0 saturated heterocycles. The normalized spacial score (nSPS) is 19.3. The second-order valence-electron chi connectivity index (χ2n) is 6.56. The summed E-state index contributed by atoms with van der Waals surface area (Å²) in [5.41, 5.74) is -1.10. The minimum atomic E-state index is -0.787. The van der Waals surface area contributed by atoms with Crippen molar-refractivity contribution < 1.29 is 14.7 Å². The molecule has 0 heterocycles. The predicted molar refractivity (Wildman–Crippen MR) is 74.1 cm³/mol. The van der Waals surface area contributed by atoms with Crippen LogP contribution in [0.5, 0.6) is 0 Å². The summed E-state index contributed by atoms with van der Waals surface area (Å²) in [5, 5.41) is 15.0. The van der Waals surface area contributed by atoms with Gasteiger partial charge in [-0.2, -0.15) is 0 Å². The molecule has 0 aliphatic heterocycles. The van der Waals surface area contributed by atoms with Crippen LogP contribution in [0.1, 0.15) is 59.3 Å². The van der Waals surface area contributed by atoms with Crippen molar-refractivity contribution in [3.05, 3.63) is 0 Å². The monoisotopic (exact) mass is 270 g/mol. The highest BCUT2D eigenvalue weighted by molar-refractivity contribution is 5.78. The summed E-state index contributed by atoms with van der Waals surface area (Å²) in [6, 6.07) is -0.294. The van der Waals surface area contributed by atoms with E-state index in [1.165, 1.54) is 0 Å². The van der Waals surface area contributed by atoms with E-state index < -0.39 is 11.4 Å². The van der Waals surface area contributed by atoms with Gasteiger partial charge in [0.1, 0.15) is 0 Å². The molecule has 19 heavy (non-hydrogen) atoms. The van der Waals surface area contributed by atoms with E-state index in [9.17, 15) is 14.7 Å². The lowest BCUT2D eigenvalue weighted by Crippen LogP contribution is -2.50. The molecule has 0 aromatic rings. The molecule has 5 nitrogen and oxygen atoms in total. The van der Waals surface area contributed by atoms with Gasteiger partial charge in [0.05, 0.1) is 5.41 Å². The van der Waals surface area contributed by atoms with Crippen LogP contribution in [-0.2, 0) is 4.79 Å². The molecule has 0 unspecified atom stereocenters. The van der Waals surface area contributed by atoms with Crippen molar-refractivity contribution in [2.75, 3.05) is 6.54 Å². The van der Waals surface area contributed by atoms with E-state index >= 15 is 0 Å². The van der Waals surface area contributed by atoms with E-state index in [4.69, 9.17) is 0 Å². The molecule has 0 atom stereocenters. The number of urea groups is 1. The highest BCUT2D eigenvalue weighted by Crippen LogP contribution is 2.34. The van der Waals surface area contributed by atoms with Crippen LogP contribution in [0.4, 0.5) is 4.79 Å². The molecule has 110 valence electrons. The highest BCUT2D eigenvalue weighted by atomic mass is 16.4. The van der Waals surface area contributed by atoms with Gasteiger partial charge in [-0.25, -0.2) is 4.79 Å². The molecule has 1 saturated carbocycles. The minimum absolute atomic E-state index is 0.213. The molecular formula is C14H26N2O3. The third kappa shape index (κ3) is 5.09. The fourth-order valence-electron chi connectivity index (χ4n) is 2.51. The molecule has 0 aromatic carbocycles. The Morgan fingerprint density at radius 3 is 2.05 bits per heavy atom. The van der Waals surface area contributed by atoms with E-state index in [1.807, 2.05) is 20.8 Å². The highest BCUT2D eigenvalue weighted by Gasteiger charge is 2.39. The molecule has 0 radical (unpaired) electrons. The second-order valence-corrected chi connectivity index (χ2v) is 6.56. The first kappa shape index (κ1) is 15.8. The molecule has 1 aliphatic rings. The molecule has 1 aliphatic carbocycles. The number of hydrogen-bond acceptors (Lipinski definition) is 2. The second kappa shape index (κ2) is 6.26. The number of aliphatic carboxylic acids is 1. The number of carboxylic acid groups (broad SMARTS) is 1. The molecule has 5 heteroatoms. The summed E-state index contributed by atoms with van der Waals surface area (Å²) < 4.78 is 0. The Morgan fingerprint density at radius 1 is 1.11 bits per heavy atom. The van der Waals surface area contributed by atoms with Crippen LogP contribution in [-0.4, -0.2) is 29.2 Å². The lowest BCUT2D eigenvalue weighted by molar-refractivity contribution is -0.149. The van der Waals surface area contributed by atoms with Crippen molar-refractivity contribution in [3.8, 4) is 0 Å². The van der Waals surface area contributed by atoms with Crippen molar-refractivity contribution in [2.45, 2.75) is 64.8 Å². The van der Waals surface area contributed by atoms with Gasteiger partial charge in [-0.05, 0) is 33.6 Å². The average Bonchev–Trinajstić information content (AvgIpc) is 2.50. The van der Waals surface area contributed by atoms with E-state index in [0.29, 0.717) is 12.8 Å². The van der Waals surface area contributed by atoms with Crippen molar-refractivity contribution in [1.29, 1.82) is 0 Å². The third-order valence-corrected chi connectivity index (χ3v) is 3.59. The minimum Gasteiger partial charge on any atom is -0.481 e. The van der Waals surface area contributed by atoms with E-state index in [-0.39, 0.29) is 18.1 Å². The van der Waals surface area contributed by atoms with Gasteiger partial charge in [-0.15, -0.1) is 0 Å². The molecule has 2 amide bonds. The third-order valence-electron chi connectivity index (χ3n) is 3.59. The predicted octanol–water partition coefficient (Wildman–Crippen LogP) is 2.51. The molecule has 3 N–H and O–H groups in total. The number of rotatable bonds is 3. The summed E-state index contributed by atoms with van der Waals surface area (Å²) in [4.78, 5) is 23.3. The molecule has 1 fully saturated rings. The van der Waals surface area contributed by atoms with Crippen LogP contribution < -0.4 is 10.6 Å². The fourth-order valence-corrected chi connectivity index (χ4v) is 2.51. The number of carbonyl (C=O) groups is 2. The Kier molecular flexibility index (Phi) is 5.20. The van der Waals surface area contributed by atoms with Crippen LogP contribution >= 0.6 is 0 Å². The lowest BCUT2D eigenvalue weighted by atomic mass is 9.80. The average molecular weight is 270 g/mol. The standard InChI is InChI=1S/C14H26N2O3/c1-13(2,3)16-12(19)15-10-14(11(17)18)8-6-4-5-7-9-14/h4-10H2,1-3H3,(H,17,18)(H2,15,16,19). The summed E-state index contributed by atoms with van der Waals surface area (Å²) in [5.74, 6) is -0.787. The maximum absolute atomic E-state index is 11.7. The summed E-state index contributed by atoms with van der Waals surface area (Å²) in [6.07, 6.45) is 5.33. The van der Waals surface area contributed by atoms with Crippen molar-refractivity contribution in [2.24, 2.45) is 5.41 Å². The first-order valence-electron chi connectivity index (χ1n) is 7.05. The largest absolute Gasteiger partial charge is 0.481 e. The van der Waals surface area contributed by atoms with Crippen molar-refractivity contribution >= 4 is 12.0 Å². The summed E-state index contributed by atoms with van der Waals surface area (Å²) in [6.45, 7) is 5.89. The number of carbonyl (C=O) groups excluding carboxylic acids is 1. The zero-order chi connectivity index (χ0) is 14.5. The summed E-state index contributed by atoms with van der Waals surface area (Å²) in [7, 11) is 0. The number of carboxylic acids is 1. The summed E-state index contributed by atoms with van der Waals surface area (Å²) >= 11 is 0. The van der Waals surface area contributed by atoms with E-state index in [1.54, 1.807) is 0 Å². The fraction of sp³-hybridized carbons (Fsp3) is 0.857. The van der Waals surface area contributed by atoms with E-state index in [2.05, 4.69) is 10.6 Å². The Hall–Kier alpha value is -1.26. The maximum Gasteiger partial charge on any atom is 0.315 e. The Bertz CT molecular complexity index is 326. The number of hydrogen-bond donors (Lipinski definition) is 3. The van der Waals surface area contributed by atoms with E-state index in [0.717, 1.165) is 25.7 Å². The smallest absolute Gasteiger partial charge is 0.315 e. The van der Waals surface area contributed by atoms with Gasteiger partial charge < -0.3 is 15.7 Å². The Labute approximate surface area is 115 Å². The Balaban J connectivity index is 2.59. The zero-order valence-electron chi connectivity index (χ0n) is 12.2. The van der Waals surface area contributed by atoms with Crippen LogP contribution in [0.15, 0.2) is 0 Å². The van der Waals surface area contributed by atoms with Gasteiger partial charge in [0.25, 0.3) is 0 Å². The zero-order valence-corrected chi connectivity index (χ0v) is 12.2. The quantitative estimate of drug-likeness (QED) is 0.689. The van der Waals surface area contributed by atoms with Gasteiger partial charge in [0.2, 0.25) is 0 Å². The first-order chi connectivity index (χ1) is 8.75. The van der Waals surface area contributed by atoms with Crippen LogP contribution in [0.2, 0.25) is 0 Å². The van der Waals surface area contributed by atoms with Gasteiger partial charge in [0, 0.05) is 12.1 Å². The molecule has 0 spiro atoms. The molecule has 1 rings (SSSR count). The van der Waals surface area contributed by atoms with Gasteiger partial charge in [-0.1, -0.05) is 25.7 Å². The van der Waals surface area contributed by atoms with Gasteiger partial charge >= 0.3 is 12.0 Å². The van der Waals surface area contributed by atoms with Crippen LogP contribution in [0, 0.1) is 5.41 Å². The number of nitrogens with one attached hydrogen (secondary N) is 2. The van der Waals surface area contributed by atoms with Crippen molar-refractivity contribution in [1.82, 2.24) is 10.6 Å². The van der Waals surface area contributed by atoms with Crippen molar-refractivity contribution in [3.63, 3.8) is 0 Å². The van der Waals surface area contributed by atoms with Crippen LogP contribution in [0.3, 0.4) is 0 Å². The SMILES string of the molecule is CC(C)(C)NC(=O)NCC1(C(=O)O)CCCCCC1. The topological polar surface area (TPSA) is 78.4 Å². The van der Waals surface area contributed by atoms with Gasteiger partial charge in [0.15, 0.2) is 0 Å².